The first-order valence-electron chi connectivity index (χ1n) is 13.5. The fraction of sp³-hybridized carbons (Fsp3) is 0.414. The van der Waals surface area contributed by atoms with Crippen molar-refractivity contribution < 1.29 is 30.8 Å². The van der Waals surface area contributed by atoms with Crippen LogP contribution in [0.3, 0.4) is 0 Å². The van der Waals surface area contributed by atoms with Crippen LogP contribution in [0.5, 0.6) is 0 Å². The van der Waals surface area contributed by atoms with E-state index >= 15 is 0 Å². The summed E-state index contributed by atoms with van der Waals surface area (Å²) >= 11 is 0. The Labute approximate surface area is 243 Å². The number of likely N-dealkylation sites (N-methyl/N-ethyl adjacent to an activating group) is 2. The van der Waals surface area contributed by atoms with Gasteiger partial charge in [-0.2, -0.15) is 17.5 Å². The highest BCUT2D eigenvalue weighted by Gasteiger charge is 2.39. The van der Waals surface area contributed by atoms with Crippen LogP contribution in [0.1, 0.15) is 30.5 Å². The van der Waals surface area contributed by atoms with Crippen LogP contribution >= 0.6 is 0 Å². The molecule has 1 atom stereocenters. The van der Waals surface area contributed by atoms with Crippen LogP contribution in [0.25, 0.3) is 11.3 Å². The van der Waals surface area contributed by atoms with E-state index in [1.165, 1.54) is 28.6 Å². The Balaban J connectivity index is 1.56. The maximum Gasteiger partial charge on any atom is 0.416 e. The maximum atomic E-state index is 13.4. The molecule has 0 amide bonds. The number of sulfonamides is 1. The topological polar surface area (TPSA) is 86.7 Å². The van der Waals surface area contributed by atoms with Crippen molar-refractivity contribution in [2.75, 3.05) is 45.7 Å². The molecule has 42 heavy (non-hydrogen) atoms. The number of carbonyl (C=O) groups excluding carboxylic acids is 1. The van der Waals surface area contributed by atoms with Crippen LogP contribution in [-0.4, -0.2) is 80.2 Å². The summed E-state index contributed by atoms with van der Waals surface area (Å²) in [6.45, 7) is 1.47. The Hall–Kier alpha value is -3.42. The molecule has 1 aliphatic heterocycles. The van der Waals surface area contributed by atoms with Gasteiger partial charge in [0.15, 0.2) is 5.78 Å². The van der Waals surface area contributed by atoms with Crippen LogP contribution in [0.15, 0.2) is 59.5 Å². The Kier molecular flexibility index (Phi) is 9.63. The zero-order chi connectivity index (χ0) is 30.7. The number of nitrogens with zero attached hydrogens (tertiary/aromatic N) is 5. The van der Waals surface area contributed by atoms with Crippen molar-refractivity contribution in [3.63, 3.8) is 0 Å². The molecule has 2 aromatic carbocycles. The molecule has 0 spiro atoms. The minimum Gasteiger partial charge on any atom is -0.343 e. The van der Waals surface area contributed by atoms with Gasteiger partial charge in [0, 0.05) is 44.4 Å². The zero-order valence-electron chi connectivity index (χ0n) is 23.6. The monoisotopic (exact) mass is 607 g/mol. The van der Waals surface area contributed by atoms with Crippen LogP contribution in [0.4, 0.5) is 23.5 Å². The number of benzene rings is 2. The minimum atomic E-state index is -4.47. The van der Waals surface area contributed by atoms with E-state index in [0.717, 1.165) is 24.3 Å². The largest absolute Gasteiger partial charge is 0.416 e. The van der Waals surface area contributed by atoms with Gasteiger partial charge in [-0.05, 0) is 75.8 Å². The van der Waals surface area contributed by atoms with Crippen molar-refractivity contribution in [1.29, 1.82) is 0 Å². The number of alkyl halides is 3. The highest BCUT2D eigenvalue weighted by atomic mass is 32.2. The number of aryl methyl sites for hydroxylation is 1. The molecule has 0 aliphatic carbocycles. The molecule has 226 valence electrons. The van der Waals surface area contributed by atoms with Crippen molar-refractivity contribution in [3.05, 3.63) is 71.7 Å². The number of halogens is 4. The third-order valence-electron chi connectivity index (χ3n) is 7.12. The third-order valence-corrected chi connectivity index (χ3v) is 9.04. The number of ketones is 1. The van der Waals surface area contributed by atoms with E-state index < -0.39 is 33.6 Å². The first-order valence-corrected chi connectivity index (χ1v) is 14.9. The van der Waals surface area contributed by atoms with E-state index in [9.17, 15) is 30.8 Å². The summed E-state index contributed by atoms with van der Waals surface area (Å²) in [7, 11) is 1.66. The molecular formula is C29H33F4N5O3S. The molecule has 0 N–H and O–H groups in total. The summed E-state index contributed by atoms with van der Waals surface area (Å²) in [4.78, 5) is 26.2. The molecule has 2 heterocycles. The lowest BCUT2D eigenvalue weighted by Crippen LogP contribution is -2.40. The molecular weight excluding hydrogens is 574 g/mol. The lowest BCUT2D eigenvalue weighted by molar-refractivity contribution is -0.137. The molecule has 1 saturated heterocycles. The van der Waals surface area contributed by atoms with E-state index in [1.807, 2.05) is 23.9 Å². The summed E-state index contributed by atoms with van der Waals surface area (Å²) in [5.74, 6) is -0.469. The first kappa shape index (κ1) is 31.5. The van der Waals surface area contributed by atoms with E-state index in [0.29, 0.717) is 48.8 Å². The smallest absolute Gasteiger partial charge is 0.343 e. The van der Waals surface area contributed by atoms with Gasteiger partial charge in [-0.25, -0.2) is 22.8 Å². The van der Waals surface area contributed by atoms with Crippen molar-refractivity contribution >= 4 is 21.8 Å². The minimum absolute atomic E-state index is 0.00439. The second-order valence-electron chi connectivity index (χ2n) is 10.5. The lowest BCUT2D eigenvalue weighted by Gasteiger charge is -2.23. The Morgan fingerprint density at radius 3 is 2.29 bits per heavy atom. The van der Waals surface area contributed by atoms with Crippen LogP contribution < -0.4 is 4.90 Å². The highest BCUT2D eigenvalue weighted by molar-refractivity contribution is 7.89. The van der Waals surface area contributed by atoms with E-state index in [2.05, 4.69) is 9.97 Å². The second kappa shape index (κ2) is 12.8. The van der Waals surface area contributed by atoms with Gasteiger partial charge in [0.05, 0.1) is 22.2 Å². The number of anilines is 1. The fourth-order valence-corrected chi connectivity index (χ4v) is 6.40. The van der Waals surface area contributed by atoms with Gasteiger partial charge in [-0.15, -0.1) is 0 Å². The third kappa shape index (κ3) is 7.50. The molecule has 13 heteroatoms. The average molecular weight is 608 g/mol. The molecule has 1 fully saturated rings. The van der Waals surface area contributed by atoms with Gasteiger partial charge in [0.1, 0.15) is 5.82 Å². The van der Waals surface area contributed by atoms with E-state index in [-0.39, 0.29) is 30.1 Å². The van der Waals surface area contributed by atoms with Crippen LogP contribution in [0, 0.1) is 5.82 Å². The standard InChI is InChI=1S/C29H33F4N5O3S/c1-36(2)17-18-37(3)28-34-23(19-25(35-28)20-6-8-21(9-7-20)29(31,32)33)12-15-27(39)26-5-4-16-38(26)42(40,41)24-13-10-22(30)11-14-24/h6-11,13-14,19,26H,4-5,12,15-18H2,1-3H3/t26-/m0/s1. The van der Waals surface area contributed by atoms with Gasteiger partial charge in [0.25, 0.3) is 0 Å². The van der Waals surface area contributed by atoms with Crippen LogP contribution in [0.2, 0.25) is 0 Å². The quantitative estimate of drug-likeness (QED) is 0.293. The maximum absolute atomic E-state index is 13.4. The normalized spacial score (nSPS) is 16.2. The predicted molar refractivity (Wildman–Crippen MR) is 151 cm³/mol. The van der Waals surface area contributed by atoms with Crippen molar-refractivity contribution in [2.24, 2.45) is 0 Å². The SMILES string of the molecule is CN(C)CCN(C)c1nc(CCC(=O)[C@@H]2CCCN2S(=O)(=O)c2ccc(F)cc2)cc(-c2ccc(C(F)(F)F)cc2)n1. The molecule has 0 bridgehead atoms. The van der Waals surface area contributed by atoms with Gasteiger partial charge in [-0.3, -0.25) is 4.79 Å². The summed E-state index contributed by atoms with van der Waals surface area (Å²) in [6, 6.07) is 9.97. The average Bonchev–Trinajstić information content (AvgIpc) is 3.46. The van der Waals surface area contributed by atoms with Crippen molar-refractivity contribution in [2.45, 2.75) is 42.8 Å². The molecule has 0 radical (unpaired) electrons. The molecule has 8 nitrogen and oxygen atoms in total. The van der Waals surface area contributed by atoms with Crippen LogP contribution in [-0.2, 0) is 27.4 Å². The number of hydrogen-bond donors (Lipinski definition) is 0. The Bertz CT molecular complexity index is 1500. The highest BCUT2D eigenvalue weighted by Crippen LogP contribution is 2.32. The van der Waals surface area contributed by atoms with E-state index in [1.54, 1.807) is 13.1 Å². The van der Waals surface area contributed by atoms with E-state index in [4.69, 9.17) is 0 Å². The number of hydrogen-bond acceptors (Lipinski definition) is 7. The lowest BCUT2D eigenvalue weighted by atomic mass is 10.0. The van der Waals surface area contributed by atoms with Gasteiger partial charge in [-0.1, -0.05) is 12.1 Å². The predicted octanol–water partition coefficient (Wildman–Crippen LogP) is 4.65. The first-order chi connectivity index (χ1) is 19.8. The molecule has 4 rings (SSSR count). The zero-order valence-corrected chi connectivity index (χ0v) is 24.4. The molecule has 3 aromatic rings. The Morgan fingerprint density at radius 1 is 1.00 bits per heavy atom. The van der Waals surface area contributed by atoms with Gasteiger partial charge in [0.2, 0.25) is 16.0 Å². The molecule has 1 aliphatic rings. The number of aromatic nitrogens is 2. The Morgan fingerprint density at radius 2 is 1.67 bits per heavy atom. The molecule has 0 saturated carbocycles. The number of carbonyl (C=O) groups is 1. The molecule has 0 unspecified atom stereocenters. The molecule has 1 aromatic heterocycles. The number of Topliss-reactive ketones (excluding diaryl/α,β-unsaturated/α-hetero) is 1. The summed E-state index contributed by atoms with van der Waals surface area (Å²) in [5.41, 5.74) is 0.610. The van der Waals surface area contributed by atoms with Gasteiger partial charge < -0.3 is 9.80 Å². The number of rotatable bonds is 11. The fourth-order valence-electron chi connectivity index (χ4n) is 4.72. The second-order valence-corrected chi connectivity index (χ2v) is 12.4. The summed E-state index contributed by atoms with van der Waals surface area (Å²) in [6.07, 6.45) is -3.39. The summed E-state index contributed by atoms with van der Waals surface area (Å²) in [5, 5.41) is 0. The van der Waals surface area contributed by atoms with Crippen molar-refractivity contribution in [3.8, 4) is 11.3 Å². The van der Waals surface area contributed by atoms with Crippen molar-refractivity contribution in [1.82, 2.24) is 19.2 Å². The summed E-state index contributed by atoms with van der Waals surface area (Å²) < 4.78 is 80.2. The van der Waals surface area contributed by atoms with Gasteiger partial charge >= 0.3 is 6.18 Å².